The third kappa shape index (κ3) is 3.73. The number of fused-ring (bicyclic) bond motifs is 1. The summed E-state index contributed by atoms with van der Waals surface area (Å²) in [6.07, 6.45) is 1.55. The third-order valence-electron chi connectivity index (χ3n) is 4.96. The fourth-order valence-electron chi connectivity index (χ4n) is 3.18. The number of carbonyl (C=O) groups is 2. The highest BCUT2D eigenvalue weighted by Crippen LogP contribution is 2.17. The second kappa shape index (κ2) is 7.09. The van der Waals surface area contributed by atoms with Crippen molar-refractivity contribution < 1.29 is 9.59 Å². The van der Waals surface area contributed by atoms with Gasteiger partial charge in [-0.25, -0.2) is 0 Å². The average molecular weight is 341 g/mol. The van der Waals surface area contributed by atoms with Crippen molar-refractivity contribution in [2.45, 2.75) is 26.7 Å². The Morgan fingerprint density at radius 1 is 1.12 bits per heavy atom. The van der Waals surface area contributed by atoms with Crippen LogP contribution in [0.3, 0.4) is 0 Å². The van der Waals surface area contributed by atoms with E-state index in [1.807, 2.05) is 26.0 Å². The van der Waals surface area contributed by atoms with Gasteiger partial charge in [0.1, 0.15) is 0 Å². The Balaban J connectivity index is 1.69. The summed E-state index contributed by atoms with van der Waals surface area (Å²) >= 11 is 0. The lowest BCUT2D eigenvalue weighted by Crippen LogP contribution is -2.48. The highest BCUT2D eigenvalue weighted by Gasteiger charge is 2.20. The molecule has 2 aromatic rings. The molecule has 132 valence electrons. The first-order valence-corrected chi connectivity index (χ1v) is 8.58. The Hall–Kier alpha value is -2.63. The Kier molecular flexibility index (Phi) is 4.88. The van der Waals surface area contributed by atoms with Crippen molar-refractivity contribution in [3.8, 4) is 0 Å². The van der Waals surface area contributed by atoms with Crippen molar-refractivity contribution in [2.75, 3.05) is 26.2 Å². The monoisotopic (exact) mass is 341 g/mol. The lowest BCUT2D eigenvalue weighted by atomic mass is 10.0. The number of aromatic nitrogens is 1. The first-order valence-electron chi connectivity index (χ1n) is 8.58. The maximum Gasteiger partial charge on any atom is 0.251 e. The number of carbonyl (C=O) groups excluding carboxylic acids is 2. The van der Waals surface area contributed by atoms with Gasteiger partial charge in [-0.3, -0.25) is 14.4 Å². The molecule has 0 aliphatic carbocycles. The topological polar surface area (TPSA) is 73.5 Å². The molecule has 0 unspecified atom stereocenters. The number of H-pyrrole nitrogens is 1. The molecule has 1 saturated heterocycles. The van der Waals surface area contributed by atoms with Gasteiger partial charge in [0, 0.05) is 43.7 Å². The smallest absolute Gasteiger partial charge is 0.251 e. The Bertz CT molecular complexity index is 864. The second-order valence-corrected chi connectivity index (χ2v) is 6.67. The number of nitrogens with one attached hydrogen (secondary N) is 1. The number of hydrogen-bond acceptors (Lipinski definition) is 3. The van der Waals surface area contributed by atoms with Crippen molar-refractivity contribution in [1.82, 2.24) is 14.8 Å². The molecular formula is C19H23N3O3. The lowest BCUT2D eigenvalue weighted by Gasteiger charge is -2.32. The van der Waals surface area contributed by atoms with Crippen LogP contribution in [-0.4, -0.2) is 53.3 Å². The molecule has 6 nitrogen and oxygen atoms in total. The van der Waals surface area contributed by atoms with Gasteiger partial charge in [-0.2, -0.15) is 0 Å². The molecule has 1 aliphatic heterocycles. The molecule has 1 N–H and O–H groups in total. The number of pyridine rings is 1. The Morgan fingerprint density at radius 3 is 2.48 bits per heavy atom. The van der Waals surface area contributed by atoms with Gasteiger partial charge in [0.05, 0.1) is 0 Å². The molecule has 0 atom stereocenters. The Morgan fingerprint density at radius 2 is 1.80 bits per heavy atom. The van der Waals surface area contributed by atoms with Crippen molar-refractivity contribution in [3.05, 3.63) is 45.2 Å². The predicted octanol–water partition coefficient (Wildman–Crippen LogP) is 1.38. The molecule has 1 fully saturated rings. The van der Waals surface area contributed by atoms with E-state index in [1.54, 1.807) is 9.80 Å². The minimum absolute atomic E-state index is 0.0325. The molecule has 2 amide bonds. The van der Waals surface area contributed by atoms with E-state index >= 15 is 0 Å². The van der Waals surface area contributed by atoms with E-state index in [1.165, 1.54) is 5.56 Å². The Labute approximate surface area is 146 Å². The molecule has 25 heavy (non-hydrogen) atoms. The second-order valence-electron chi connectivity index (χ2n) is 6.67. The summed E-state index contributed by atoms with van der Waals surface area (Å²) in [5.74, 6) is 0.0325. The van der Waals surface area contributed by atoms with Gasteiger partial charge in [0.25, 0.3) is 5.56 Å². The van der Waals surface area contributed by atoms with Gasteiger partial charge in [-0.1, -0.05) is 0 Å². The quantitative estimate of drug-likeness (QED) is 0.854. The number of rotatable bonds is 4. The highest BCUT2D eigenvalue weighted by molar-refractivity contribution is 5.81. The summed E-state index contributed by atoms with van der Waals surface area (Å²) in [7, 11) is 0. The summed E-state index contributed by atoms with van der Waals surface area (Å²) in [4.78, 5) is 41.7. The number of aryl methyl sites for hydroxylation is 3. The van der Waals surface area contributed by atoms with Gasteiger partial charge >= 0.3 is 0 Å². The average Bonchev–Trinajstić information content (AvgIpc) is 2.61. The molecule has 0 radical (unpaired) electrons. The predicted molar refractivity (Wildman–Crippen MR) is 96.6 cm³/mol. The standard InChI is InChI=1S/C19H23N3O3/c1-13-9-16-11-15(19(25)20-17(16)10-14(13)2)3-4-18(24)22-7-5-21(12-23)6-8-22/h9-12H,3-8H2,1-2H3,(H,20,25). The molecule has 1 aliphatic rings. The van der Waals surface area contributed by atoms with Crippen LogP contribution in [0.25, 0.3) is 10.9 Å². The van der Waals surface area contributed by atoms with Crippen LogP contribution in [0.4, 0.5) is 0 Å². The number of amides is 2. The van der Waals surface area contributed by atoms with E-state index in [-0.39, 0.29) is 11.5 Å². The minimum Gasteiger partial charge on any atom is -0.342 e. The fourth-order valence-corrected chi connectivity index (χ4v) is 3.18. The zero-order chi connectivity index (χ0) is 18.0. The molecule has 0 saturated carbocycles. The molecule has 3 rings (SSSR count). The number of hydrogen-bond donors (Lipinski definition) is 1. The maximum atomic E-state index is 12.3. The SMILES string of the molecule is Cc1cc2cc(CCC(=O)N3CCN(C=O)CC3)c(=O)[nH]c2cc1C. The van der Waals surface area contributed by atoms with Crippen LogP contribution < -0.4 is 5.56 Å². The van der Waals surface area contributed by atoms with E-state index in [0.29, 0.717) is 44.6 Å². The minimum atomic E-state index is -0.130. The highest BCUT2D eigenvalue weighted by atomic mass is 16.2. The molecule has 2 heterocycles. The summed E-state index contributed by atoms with van der Waals surface area (Å²) in [5.41, 5.74) is 3.65. The first kappa shape index (κ1) is 17.2. The maximum absolute atomic E-state index is 12.3. The summed E-state index contributed by atoms with van der Waals surface area (Å²) in [6.45, 7) is 6.33. The van der Waals surface area contributed by atoms with Crippen LogP contribution in [0.2, 0.25) is 0 Å². The van der Waals surface area contributed by atoms with Crippen LogP contribution in [0.15, 0.2) is 23.0 Å². The van der Waals surface area contributed by atoms with Gasteiger partial charge in [-0.05, 0) is 55.0 Å². The van der Waals surface area contributed by atoms with Crippen LogP contribution >= 0.6 is 0 Å². The largest absolute Gasteiger partial charge is 0.342 e. The van der Waals surface area contributed by atoms with Gasteiger partial charge < -0.3 is 14.8 Å². The van der Waals surface area contributed by atoms with E-state index in [0.717, 1.165) is 22.9 Å². The van der Waals surface area contributed by atoms with Gasteiger partial charge in [0.2, 0.25) is 12.3 Å². The molecule has 1 aromatic heterocycles. The zero-order valence-corrected chi connectivity index (χ0v) is 14.7. The molecule has 6 heteroatoms. The van der Waals surface area contributed by atoms with Crippen molar-refractivity contribution >= 4 is 23.2 Å². The molecule has 0 bridgehead atoms. The summed E-state index contributed by atoms with van der Waals surface area (Å²) in [6, 6.07) is 5.93. The van der Waals surface area contributed by atoms with Crippen molar-refractivity contribution in [1.29, 1.82) is 0 Å². The van der Waals surface area contributed by atoms with Crippen LogP contribution in [0.1, 0.15) is 23.1 Å². The lowest BCUT2D eigenvalue weighted by molar-refractivity contribution is -0.135. The molecular weight excluding hydrogens is 318 g/mol. The van der Waals surface area contributed by atoms with Crippen LogP contribution in [-0.2, 0) is 16.0 Å². The normalized spacial score (nSPS) is 14.8. The summed E-state index contributed by atoms with van der Waals surface area (Å²) in [5, 5.41) is 0.991. The number of nitrogens with zero attached hydrogens (tertiary/aromatic N) is 2. The zero-order valence-electron chi connectivity index (χ0n) is 14.7. The number of benzene rings is 1. The van der Waals surface area contributed by atoms with Gasteiger partial charge in [-0.15, -0.1) is 0 Å². The van der Waals surface area contributed by atoms with E-state index in [2.05, 4.69) is 11.1 Å². The number of piperazine rings is 1. The van der Waals surface area contributed by atoms with Crippen LogP contribution in [0.5, 0.6) is 0 Å². The summed E-state index contributed by atoms with van der Waals surface area (Å²) < 4.78 is 0. The number of aromatic amines is 1. The van der Waals surface area contributed by atoms with Crippen molar-refractivity contribution in [3.63, 3.8) is 0 Å². The third-order valence-corrected chi connectivity index (χ3v) is 4.96. The van der Waals surface area contributed by atoms with E-state index < -0.39 is 0 Å². The van der Waals surface area contributed by atoms with Crippen LogP contribution in [0, 0.1) is 13.8 Å². The molecule has 0 spiro atoms. The van der Waals surface area contributed by atoms with E-state index in [9.17, 15) is 14.4 Å². The fraction of sp³-hybridized carbons (Fsp3) is 0.421. The first-order chi connectivity index (χ1) is 12.0. The van der Waals surface area contributed by atoms with Gasteiger partial charge in [0.15, 0.2) is 0 Å². The molecule has 1 aromatic carbocycles. The van der Waals surface area contributed by atoms with Crippen molar-refractivity contribution in [2.24, 2.45) is 0 Å². The van der Waals surface area contributed by atoms with E-state index in [4.69, 9.17) is 0 Å².